The van der Waals surface area contributed by atoms with Gasteiger partial charge in [-0.1, -0.05) is 33.1 Å². The van der Waals surface area contributed by atoms with Gasteiger partial charge in [-0.25, -0.2) is 4.39 Å². The summed E-state index contributed by atoms with van der Waals surface area (Å²) in [5.74, 6) is 0.490. The van der Waals surface area contributed by atoms with Gasteiger partial charge in [-0.2, -0.15) is 11.8 Å². The van der Waals surface area contributed by atoms with Gasteiger partial charge >= 0.3 is 0 Å². The van der Waals surface area contributed by atoms with Crippen LogP contribution in [-0.4, -0.2) is 12.0 Å². The number of nitrogens with one attached hydrogen (secondary N) is 1. The number of terminal acetylenes is 1. The van der Waals surface area contributed by atoms with Gasteiger partial charge in [0, 0.05) is 23.6 Å². The Morgan fingerprint density at radius 3 is 2.36 bits per heavy atom. The van der Waals surface area contributed by atoms with Crippen molar-refractivity contribution in [3.8, 4) is 12.8 Å². The van der Waals surface area contributed by atoms with Crippen LogP contribution in [0, 0.1) is 12.8 Å². The van der Waals surface area contributed by atoms with Crippen molar-refractivity contribution in [3.63, 3.8) is 0 Å². The van der Waals surface area contributed by atoms with Crippen LogP contribution >= 0.6 is 11.8 Å². The van der Waals surface area contributed by atoms with Crippen molar-refractivity contribution in [2.24, 2.45) is 5.73 Å². The molecule has 0 spiro atoms. The molecular weight excluding hydrogens is 295 g/mol. The highest BCUT2D eigenvalue weighted by atomic mass is 32.2. The number of nitrogens with two attached hydrogens (primary N) is 1. The second-order valence-corrected chi connectivity index (χ2v) is 5.06. The van der Waals surface area contributed by atoms with E-state index in [1.807, 2.05) is 20.1 Å². The number of allylic oxidation sites excluding steroid dienone is 6. The van der Waals surface area contributed by atoms with Gasteiger partial charge in [0.05, 0.1) is 5.70 Å². The van der Waals surface area contributed by atoms with Crippen molar-refractivity contribution in [1.82, 2.24) is 5.32 Å². The van der Waals surface area contributed by atoms with Gasteiger partial charge in [0.15, 0.2) is 0 Å². The lowest BCUT2D eigenvalue weighted by atomic mass is 9.95. The first kappa shape index (κ1) is 22.4. The van der Waals surface area contributed by atoms with Crippen LogP contribution in [0.5, 0.6) is 0 Å². The predicted molar refractivity (Wildman–Crippen MR) is 99.8 cm³/mol. The summed E-state index contributed by atoms with van der Waals surface area (Å²) in [6, 6.07) is 0. The molecule has 1 aliphatic carbocycles. The van der Waals surface area contributed by atoms with Gasteiger partial charge < -0.3 is 11.1 Å². The molecule has 0 saturated carbocycles. The molecule has 0 fully saturated rings. The second kappa shape index (κ2) is 12.8. The van der Waals surface area contributed by atoms with Crippen LogP contribution in [0.4, 0.5) is 4.39 Å². The molecule has 0 aliphatic heterocycles. The zero-order chi connectivity index (χ0) is 17.7. The first-order chi connectivity index (χ1) is 10.5. The lowest BCUT2D eigenvalue weighted by molar-refractivity contribution is 0.636. The third-order valence-electron chi connectivity index (χ3n) is 2.59. The largest absolute Gasteiger partial charge is 0.397 e. The fraction of sp³-hybridized carbons (Fsp3) is 0.333. The zero-order valence-electron chi connectivity index (χ0n) is 14.0. The molecule has 0 amide bonds. The minimum absolute atomic E-state index is 0.310. The van der Waals surface area contributed by atoms with Crippen molar-refractivity contribution in [1.29, 1.82) is 0 Å². The highest BCUT2D eigenvalue weighted by molar-refractivity contribution is 7.98. The van der Waals surface area contributed by atoms with Gasteiger partial charge in [0.25, 0.3) is 0 Å². The Kier molecular flexibility index (Phi) is 13.1. The van der Waals surface area contributed by atoms with Gasteiger partial charge in [0.2, 0.25) is 0 Å². The van der Waals surface area contributed by atoms with Gasteiger partial charge in [-0.15, -0.1) is 12.8 Å². The Morgan fingerprint density at radius 1 is 1.41 bits per heavy atom. The molecule has 0 radical (unpaired) electrons. The average molecular weight is 322 g/mol. The topological polar surface area (TPSA) is 38.0 Å². The van der Waals surface area contributed by atoms with E-state index >= 15 is 0 Å². The maximum atomic E-state index is 13.7. The molecule has 4 heteroatoms. The molecule has 0 aromatic heterocycles. The molecule has 22 heavy (non-hydrogen) atoms. The molecule has 0 aromatic rings. The van der Waals surface area contributed by atoms with Crippen molar-refractivity contribution < 1.29 is 4.39 Å². The molecular formula is C18H27FN2S. The summed E-state index contributed by atoms with van der Waals surface area (Å²) in [5, 5.41) is 2.96. The minimum Gasteiger partial charge on any atom is -0.397 e. The molecule has 1 rings (SSSR count). The predicted octanol–water partition coefficient (Wildman–Crippen LogP) is 4.66. The Bertz CT molecular complexity index is 496. The third-order valence-corrected chi connectivity index (χ3v) is 3.25. The van der Waals surface area contributed by atoms with Crippen LogP contribution in [0.25, 0.3) is 0 Å². The summed E-state index contributed by atoms with van der Waals surface area (Å²) in [7, 11) is 0. The van der Waals surface area contributed by atoms with Gasteiger partial charge in [0.1, 0.15) is 5.83 Å². The van der Waals surface area contributed by atoms with Crippen LogP contribution in [-0.2, 0) is 0 Å². The molecule has 0 heterocycles. The fourth-order valence-corrected chi connectivity index (χ4v) is 1.92. The van der Waals surface area contributed by atoms with E-state index in [1.54, 1.807) is 24.8 Å². The Morgan fingerprint density at radius 2 is 1.95 bits per heavy atom. The van der Waals surface area contributed by atoms with E-state index in [0.717, 1.165) is 22.6 Å². The summed E-state index contributed by atoms with van der Waals surface area (Å²) in [6.07, 6.45) is 13.8. The average Bonchev–Trinajstić information content (AvgIpc) is 2.55. The Hall–Kier alpha value is -1.86. The van der Waals surface area contributed by atoms with Gasteiger partial charge in [-0.05, 0) is 30.4 Å². The van der Waals surface area contributed by atoms with E-state index in [0.29, 0.717) is 17.8 Å². The van der Waals surface area contributed by atoms with E-state index in [-0.39, 0.29) is 5.83 Å². The van der Waals surface area contributed by atoms with Crippen molar-refractivity contribution in [3.05, 3.63) is 59.4 Å². The first-order valence-electron chi connectivity index (χ1n) is 6.94. The standard InChI is InChI=1S/C14H19FN2S.C2H6.C2H2/c1-9(8-18-4)5-6-12(15)11(3)17-13-7-10(2)14(13)16;2*1-2/h5-6,17H,1-2,7-8,16H2,3-4H3;1-2H3;1-2H/b6-5-,12-11-;;. The van der Waals surface area contributed by atoms with Crippen molar-refractivity contribution in [2.45, 2.75) is 27.2 Å². The number of hydrogen-bond donors (Lipinski definition) is 2. The van der Waals surface area contributed by atoms with Crippen LogP contribution in [0.15, 0.2) is 59.4 Å². The number of rotatable bonds is 6. The maximum Gasteiger partial charge on any atom is 0.142 e. The zero-order valence-corrected chi connectivity index (χ0v) is 14.8. The molecule has 0 saturated heterocycles. The molecule has 0 atom stereocenters. The summed E-state index contributed by atoms with van der Waals surface area (Å²) in [4.78, 5) is 0. The van der Waals surface area contributed by atoms with Crippen LogP contribution in [0.1, 0.15) is 27.2 Å². The summed E-state index contributed by atoms with van der Waals surface area (Å²) in [6.45, 7) is 13.3. The van der Waals surface area contributed by atoms with Crippen molar-refractivity contribution in [2.75, 3.05) is 12.0 Å². The molecule has 3 N–H and O–H groups in total. The number of hydrogen-bond acceptors (Lipinski definition) is 3. The molecule has 122 valence electrons. The van der Waals surface area contributed by atoms with Crippen molar-refractivity contribution >= 4 is 11.8 Å². The highest BCUT2D eigenvalue weighted by Gasteiger charge is 2.18. The summed E-state index contributed by atoms with van der Waals surface area (Å²) >= 11 is 1.66. The van der Waals surface area contributed by atoms with E-state index in [4.69, 9.17) is 5.73 Å². The number of halogens is 1. The quantitative estimate of drug-likeness (QED) is 0.552. The summed E-state index contributed by atoms with van der Waals surface area (Å²) < 4.78 is 13.7. The lowest BCUT2D eigenvalue weighted by Crippen LogP contribution is -2.26. The molecule has 1 aliphatic rings. The van der Waals surface area contributed by atoms with Gasteiger partial charge in [-0.3, -0.25) is 0 Å². The normalized spacial score (nSPS) is 14.0. The van der Waals surface area contributed by atoms with E-state index in [9.17, 15) is 4.39 Å². The van der Waals surface area contributed by atoms with Crippen LogP contribution < -0.4 is 11.1 Å². The molecule has 2 nitrogen and oxygen atoms in total. The van der Waals surface area contributed by atoms with E-state index < -0.39 is 0 Å². The van der Waals surface area contributed by atoms with E-state index in [2.05, 4.69) is 31.3 Å². The third kappa shape index (κ3) is 7.80. The molecule has 0 aromatic carbocycles. The van der Waals surface area contributed by atoms with E-state index in [1.165, 1.54) is 6.08 Å². The smallest absolute Gasteiger partial charge is 0.142 e. The van der Waals surface area contributed by atoms with Crippen LogP contribution in [0.2, 0.25) is 0 Å². The fourth-order valence-electron chi connectivity index (χ4n) is 1.46. The first-order valence-corrected chi connectivity index (χ1v) is 8.33. The second-order valence-electron chi connectivity index (χ2n) is 4.20. The van der Waals surface area contributed by atoms with Crippen LogP contribution in [0.3, 0.4) is 0 Å². The SMILES string of the molecule is C#C.C=C(/C=C\C(F)=C(/C)NC1=C(N)C(=C)C1)CSC.CC. The maximum absolute atomic E-state index is 13.7. The monoisotopic (exact) mass is 322 g/mol. The number of thioether (sulfide) groups is 1. The molecule has 0 bridgehead atoms. The molecule has 0 unspecified atom stereocenters. The Labute approximate surface area is 139 Å². The lowest BCUT2D eigenvalue weighted by Gasteiger charge is -2.24. The Balaban J connectivity index is 0. The highest BCUT2D eigenvalue weighted by Crippen LogP contribution is 2.27. The minimum atomic E-state index is -0.310. The summed E-state index contributed by atoms with van der Waals surface area (Å²) in [5.41, 5.74) is 9.43.